The predicted octanol–water partition coefficient (Wildman–Crippen LogP) is 3.61. The fourth-order valence-corrected chi connectivity index (χ4v) is 2.37. The number of carbonyl (C=O) groups is 2. The van der Waals surface area contributed by atoms with Crippen molar-refractivity contribution in [1.29, 1.82) is 0 Å². The van der Waals surface area contributed by atoms with E-state index in [9.17, 15) is 22.8 Å². The number of rotatable bonds is 7. The molecule has 150 valence electrons. The van der Waals surface area contributed by atoms with Gasteiger partial charge >= 0.3 is 6.18 Å². The third-order valence-corrected chi connectivity index (χ3v) is 4.37. The van der Waals surface area contributed by atoms with Gasteiger partial charge in [-0.05, 0) is 50.1 Å². The lowest BCUT2D eigenvalue weighted by molar-refractivity contribution is -0.180. The Kier molecular flexibility index (Phi) is 6.43. The van der Waals surface area contributed by atoms with E-state index in [4.69, 9.17) is 4.74 Å². The van der Waals surface area contributed by atoms with Crippen molar-refractivity contribution in [1.82, 2.24) is 10.3 Å². The lowest BCUT2D eigenvalue weighted by Crippen LogP contribution is -2.36. The molecule has 1 amide bonds. The van der Waals surface area contributed by atoms with Gasteiger partial charge in [0.25, 0.3) is 5.91 Å². The number of ketones is 1. The van der Waals surface area contributed by atoms with Gasteiger partial charge in [0.05, 0.1) is 12.0 Å². The minimum Gasteiger partial charge on any atom is -0.484 e. The molecule has 2 rings (SSSR count). The summed E-state index contributed by atoms with van der Waals surface area (Å²) in [6.45, 7) is 3.34. The van der Waals surface area contributed by atoms with Crippen molar-refractivity contribution in [2.75, 3.05) is 13.2 Å². The lowest BCUT2D eigenvalue weighted by atomic mass is 9.84. The average molecular weight is 394 g/mol. The molecule has 0 aliphatic rings. The fourth-order valence-electron chi connectivity index (χ4n) is 2.37. The Balaban J connectivity index is 1.86. The summed E-state index contributed by atoms with van der Waals surface area (Å²) >= 11 is 0. The summed E-state index contributed by atoms with van der Waals surface area (Å²) in [5.74, 6) is -0.601. The van der Waals surface area contributed by atoms with E-state index in [0.29, 0.717) is 5.56 Å². The minimum atomic E-state index is -4.38. The molecule has 1 aromatic heterocycles. The van der Waals surface area contributed by atoms with E-state index in [-0.39, 0.29) is 35.9 Å². The molecule has 0 radical (unpaired) electrons. The number of pyridine rings is 1. The number of benzene rings is 1. The molecule has 0 atom stereocenters. The second-order valence-corrected chi connectivity index (χ2v) is 6.80. The number of amides is 1. The van der Waals surface area contributed by atoms with Gasteiger partial charge in [0.2, 0.25) is 5.78 Å². The normalized spacial score (nSPS) is 11.8. The van der Waals surface area contributed by atoms with Crippen LogP contribution in [0.25, 0.3) is 0 Å². The summed E-state index contributed by atoms with van der Waals surface area (Å²) in [5.41, 5.74) is -0.910. The predicted molar refractivity (Wildman–Crippen MR) is 97.3 cm³/mol. The van der Waals surface area contributed by atoms with E-state index in [1.807, 2.05) is 0 Å². The van der Waals surface area contributed by atoms with E-state index in [2.05, 4.69) is 10.3 Å². The van der Waals surface area contributed by atoms with Crippen molar-refractivity contribution < 1.29 is 27.5 Å². The Labute approximate surface area is 160 Å². The lowest BCUT2D eigenvalue weighted by Gasteiger charge is -2.28. The summed E-state index contributed by atoms with van der Waals surface area (Å²) in [4.78, 5) is 27.9. The molecule has 0 unspecified atom stereocenters. The molecule has 0 bridgehead atoms. The number of ether oxygens (including phenoxy) is 1. The number of alkyl halides is 3. The van der Waals surface area contributed by atoms with Gasteiger partial charge in [-0.25, -0.2) is 0 Å². The van der Waals surface area contributed by atoms with Crippen LogP contribution in [-0.4, -0.2) is 36.0 Å². The SMILES string of the molecule is Cc1cccnc1C(=O)CNC(=O)COc1ccc(C(C)(C)C(F)(F)F)cc1. The zero-order valence-corrected chi connectivity index (χ0v) is 15.8. The molecule has 5 nitrogen and oxygen atoms in total. The summed E-state index contributed by atoms with van der Waals surface area (Å²) in [7, 11) is 0. The molecule has 8 heteroatoms. The fraction of sp³-hybridized carbons (Fsp3) is 0.350. The first kappa shape index (κ1) is 21.4. The van der Waals surface area contributed by atoms with Crippen LogP contribution in [0.4, 0.5) is 13.2 Å². The van der Waals surface area contributed by atoms with Crippen molar-refractivity contribution in [2.45, 2.75) is 32.4 Å². The molecule has 0 fully saturated rings. The van der Waals surface area contributed by atoms with E-state index < -0.39 is 17.5 Å². The maximum Gasteiger partial charge on any atom is 0.397 e. The maximum atomic E-state index is 13.1. The zero-order chi connectivity index (χ0) is 20.9. The average Bonchev–Trinajstić information content (AvgIpc) is 2.64. The molecule has 2 aromatic rings. The number of nitrogens with one attached hydrogen (secondary N) is 1. The molecule has 0 saturated carbocycles. The molecule has 1 aromatic carbocycles. The topological polar surface area (TPSA) is 68.3 Å². The highest BCUT2D eigenvalue weighted by Gasteiger charge is 2.48. The van der Waals surface area contributed by atoms with Gasteiger partial charge in [-0.2, -0.15) is 13.2 Å². The van der Waals surface area contributed by atoms with Crippen molar-refractivity contribution in [2.24, 2.45) is 0 Å². The molecule has 1 heterocycles. The number of nitrogens with zero attached hydrogens (tertiary/aromatic N) is 1. The van der Waals surface area contributed by atoms with Gasteiger partial charge < -0.3 is 10.1 Å². The van der Waals surface area contributed by atoms with Gasteiger partial charge in [0.15, 0.2) is 6.61 Å². The number of Topliss-reactive ketones (excluding diaryl/α,β-unsaturated/α-hetero) is 1. The van der Waals surface area contributed by atoms with Crippen LogP contribution in [0.5, 0.6) is 5.75 Å². The Morgan fingerprint density at radius 3 is 2.32 bits per heavy atom. The van der Waals surface area contributed by atoms with Crippen molar-refractivity contribution in [3.05, 3.63) is 59.4 Å². The highest BCUT2D eigenvalue weighted by Crippen LogP contribution is 2.40. The molecular weight excluding hydrogens is 373 g/mol. The Morgan fingerprint density at radius 2 is 1.75 bits per heavy atom. The standard InChI is InChI=1S/C20H21F3N2O3/c1-13-5-4-10-24-18(13)16(26)11-25-17(27)12-28-15-8-6-14(7-9-15)19(2,3)20(21,22)23/h4-10H,11-12H2,1-3H3,(H,25,27). The highest BCUT2D eigenvalue weighted by atomic mass is 19.4. The number of carbonyl (C=O) groups excluding carboxylic acids is 2. The van der Waals surface area contributed by atoms with Crippen LogP contribution in [0, 0.1) is 6.92 Å². The monoisotopic (exact) mass is 394 g/mol. The van der Waals surface area contributed by atoms with Gasteiger partial charge in [-0.3, -0.25) is 14.6 Å². The summed E-state index contributed by atoms with van der Waals surface area (Å²) < 4.78 is 44.4. The summed E-state index contributed by atoms with van der Waals surface area (Å²) in [6, 6.07) is 8.83. The van der Waals surface area contributed by atoms with Gasteiger partial charge in [0.1, 0.15) is 11.4 Å². The second kappa shape index (κ2) is 8.41. The third-order valence-electron chi connectivity index (χ3n) is 4.37. The van der Waals surface area contributed by atoms with Crippen LogP contribution in [-0.2, 0) is 10.2 Å². The van der Waals surface area contributed by atoms with Crippen LogP contribution < -0.4 is 10.1 Å². The molecule has 0 saturated heterocycles. The van der Waals surface area contributed by atoms with Crippen LogP contribution >= 0.6 is 0 Å². The Bertz CT molecular complexity index is 847. The number of halogens is 3. The van der Waals surface area contributed by atoms with Crippen molar-refractivity contribution in [3.63, 3.8) is 0 Å². The number of hydrogen-bond acceptors (Lipinski definition) is 4. The van der Waals surface area contributed by atoms with Crippen molar-refractivity contribution in [3.8, 4) is 5.75 Å². The van der Waals surface area contributed by atoms with Crippen LogP contribution in [0.15, 0.2) is 42.6 Å². The number of aryl methyl sites for hydroxylation is 1. The molecule has 0 aliphatic heterocycles. The molecule has 1 N–H and O–H groups in total. The molecule has 0 aliphatic carbocycles. The largest absolute Gasteiger partial charge is 0.484 e. The first-order valence-electron chi connectivity index (χ1n) is 8.54. The highest BCUT2D eigenvalue weighted by molar-refractivity contribution is 5.98. The smallest absolute Gasteiger partial charge is 0.397 e. The molecule has 0 spiro atoms. The second-order valence-electron chi connectivity index (χ2n) is 6.80. The van der Waals surface area contributed by atoms with Gasteiger partial charge in [-0.1, -0.05) is 18.2 Å². The maximum absolute atomic E-state index is 13.1. The molecular formula is C20H21F3N2O3. The van der Waals surface area contributed by atoms with E-state index in [1.54, 1.807) is 19.1 Å². The first-order valence-corrected chi connectivity index (χ1v) is 8.54. The van der Waals surface area contributed by atoms with Crippen LogP contribution in [0.3, 0.4) is 0 Å². The quantitative estimate of drug-likeness (QED) is 0.729. The summed E-state index contributed by atoms with van der Waals surface area (Å²) in [6.07, 6.45) is -2.89. The van der Waals surface area contributed by atoms with Gasteiger partial charge in [0, 0.05) is 6.20 Å². The van der Waals surface area contributed by atoms with E-state index in [0.717, 1.165) is 13.8 Å². The third kappa shape index (κ3) is 5.09. The van der Waals surface area contributed by atoms with Crippen molar-refractivity contribution >= 4 is 11.7 Å². The van der Waals surface area contributed by atoms with E-state index >= 15 is 0 Å². The van der Waals surface area contributed by atoms with Crippen LogP contribution in [0.1, 0.15) is 35.5 Å². The number of aromatic nitrogens is 1. The van der Waals surface area contributed by atoms with Crippen LogP contribution in [0.2, 0.25) is 0 Å². The van der Waals surface area contributed by atoms with E-state index in [1.165, 1.54) is 30.5 Å². The Hall–Kier alpha value is -2.90. The first-order chi connectivity index (χ1) is 13.0. The zero-order valence-electron chi connectivity index (χ0n) is 15.8. The number of hydrogen-bond donors (Lipinski definition) is 1. The molecule has 28 heavy (non-hydrogen) atoms. The van der Waals surface area contributed by atoms with Gasteiger partial charge in [-0.15, -0.1) is 0 Å². The Morgan fingerprint density at radius 1 is 1.11 bits per heavy atom. The minimum absolute atomic E-state index is 0.0909. The summed E-state index contributed by atoms with van der Waals surface area (Å²) in [5, 5.41) is 2.43.